The minimum Gasteiger partial charge on any atom is -0.311 e. The third-order valence-corrected chi connectivity index (χ3v) is 5.50. The number of aryl methyl sites for hydroxylation is 1. The zero-order chi connectivity index (χ0) is 19.3. The summed E-state index contributed by atoms with van der Waals surface area (Å²) >= 11 is 0. The Labute approximate surface area is 166 Å². The first kappa shape index (κ1) is 18.8. The summed E-state index contributed by atoms with van der Waals surface area (Å²) in [6, 6.07) is 17.6. The molecular weight excluding hydrogens is 351 g/mol. The van der Waals surface area contributed by atoms with Crippen molar-refractivity contribution in [3.63, 3.8) is 0 Å². The van der Waals surface area contributed by atoms with Crippen molar-refractivity contribution in [2.45, 2.75) is 18.9 Å². The molecule has 4 nitrogen and oxygen atoms in total. The van der Waals surface area contributed by atoms with Gasteiger partial charge in [-0.1, -0.05) is 42.5 Å². The topological polar surface area (TPSA) is 33.1 Å². The van der Waals surface area contributed by atoms with Crippen LogP contribution in [-0.2, 0) is 13.6 Å². The molecule has 0 radical (unpaired) electrons. The minimum atomic E-state index is -0.230. The highest BCUT2D eigenvalue weighted by atomic mass is 19.1. The Balaban J connectivity index is 1.29. The van der Waals surface area contributed by atoms with Gasteiger partial charge in [0.2, 0.25) is 0 Å². The van der Waals surface area contributed by atoms with Crippen molar-refractivity contribution < 1.29 is 4.39 Å². The smallest absolute Gasteiger partial charge is 0.132 e. The van der Waals surface area contributed by atoms with Gasteiger partial charge in [-0.3, -0.25) is 4.68 Å². The normalized spacial score (nSPS) is 17.3. The summed E-state index contributed by atoms with van der Waals surface area (Å²) in [6.45, 7) is 4.90. The molecule has 0 aliphatic carbocycles. The Kier molecular flexibility index (Phi) is 5.84. The second kappa shape index (κ2) is 8.67. The molecule has 3 aromatic rings. The summed E-state index contributed by atoms with van der Waals surface area (Å²) in [5, 5.41) is 7.98. The van der Waals surface area contributed by atoms with Gasteiger partial charge in [0, 0.05) is 50.6 Å². The molecule has 1 saturated heterocycles. The van der Waals surface area contributed by atoms with E-state index in [1.807, 2.05) is 19.3 Å². The lowest BCUT2D eigenvalue weighted by atomic mass is 9.99. The molecule has 1 atom stereocenters. The van der Waals surface area contributed by atoms with Crippen LogP contribution in [0.25, 0.3) is 11.3 Å². The van der Waals surface area contributed by atoms with Crippen molar-refractivity contribution >= 4 is 0 Å². The molecular formula is C23H27FN4. The van der Waals surface area contributed by atoms with Gasteiger partial charge in [-0.15, -0.1) is 0 Å². The summed E-state index contributed by atoms with van der Waals surface area (Å²) < 4.78 is 15.9. The standard InChI is InChI=1S/C23H27FN4/c1-27-16-20(23(26-27)21-9-5-6-10-22(21)24)15-25-12-14-28-13-11-19(17-28)18-7-3-2-4-8-18/h2-10,16,19,25H,11-15,17H2,1H3. The predicted octanol–water partition coefficient (Wildman–Crippen LogP) is 3.81. The number of halogens is 1. The molecule has 0 amide bonds. The first-order valence-corrected chi connectivity index (χ1v) is 9.96. The van der Waals surface area contributed by atoms with Crippen LogP contribution in [0.1, 0.15) is 23.5 Å². The molecule has 0 bridgehead atoms. The molecule has 1 aliphatic rings. The fourth-order valence-electron chi connectivity index (χ4n) is 4.04. The number of likely N-dealkylation sites (tertiary alicyclic amines) is 1. The molecule has 28 heavy (non-hydrogen) atoms. The molecule has 1 unspecified atom stereocenters. The maximum atomic E-state index is 14.2. The number of aromatic nitrogens is 2. The van der Waals surface area contributed by atoms with Gasteiger partial charge in [-0.05, 0) is 36.6 Å². The molecule has 1 fully saturated rings. The Hall–Kier alpha value is -2.50. The third kappa shape index (κ3) is 4.32. The van der Waals surface area contributed by atoms with Gasteiger partial charge in [0.05, 0.1) is 5.69 Å². The summed E-state index contributed by atoms with van der Waals surface area (Å²) in [6.07, 6.45) is 3.19. The van der Waals surface area contributed by atoms with E-state index in [1.54, 1.807) is 16.8 Å². The minimum absolute atomic E-state index is 0.230. The zero-order valence-corrected chi connectivity index (χ0v) is 16.3. The average Bonchev–Trinajstić information content (AvgIpc) is 3.33. The molecule has 146 valence electrons. The van der Waals surface area contributed by atoms with Gasteiger partial charge in [0.1, 0.15) is 5.82 Å². The highest BCUT2D eigenvalue weighted by molar-refractivity contribution is 5.63. The number of nitrogens with zero attached hydrogens (tertiary/aromatic N) is 3. The second-order valence-corrected chi connectivity index (χ2v) is 7.53. The SMILES string of the molecule is Cn1cc(CNCCN2CCC(c3ccccc3)C2)c(-c2ccccc2F)n1. The number of hydrogen-bond acceptors (Lipinski definition) is 3. The van der Waals surface area contributed by atoms with E-state index in [0.717, 1.165) is 37.4 Å². The summed E-state index contributed by atoms with van der Waals surface area (Å²) in [4.78, 5) is 2.52. The Morgan fingerprint density at radius 1 is 1.11 bits per heavy atom. The molecule has 1 aromatic heterocycles. The van der Waals surface area contributed by atoms with E-state index in [1.165, 1.54) is 18.1 Å². The number of hydrogen-bond donors (Lipinski definition) is 1. The number of benzene rings is 2. The molecule has 0 saturated carbocycles. The Bertz CT molecular complexity index is 906. The summed E-state index contributed by atoms with van der Waals surface area (Å²) in [5.41, 5.74) is 3.75. The highest BCUT2D eigenvalue weighted by Gasteiger charge is 2.23. The molecule has 5 heteroatoms. The van der Waals surface area contributed by atoms with E-state index in [9.17, 15) is 4.39 Å². The van der Waals surface area contributed by atoms with Gasteiger partial charge in [-0.25, -0.2) is 4.39 Å². The van der Waals surface area contributed by atoms with Crippen molar-refractivity contribution in [1.29, 1.82) is 0 Å². The summed E-state index contributed by atoms with van der Waals surface area (Å²) in [5.74, 6) is 0.415. The molecule has 0 spiro atoms. The van der Waals surface area contributed by atoms with Crippen LogP contribution in [-0.4, -0.2) is 40.9 Å². The monoisotopic (exact) mass is 378 g/mol. The maximum absolute atomic E-state index is 14.2. The lowest BCUT2D eigenvalue weighted by Crippen LogP contribution is -2.30. The summed E-state index contributed by atoms with van der Waals surface area (Å²) in [7, 11) is 1.88. The maximum Gasteiger partial charge on any atom is 0.132 e. The van der Waals surface area contributed by atoms with E-state index in [0.29, 0.717) is 18.0 Å². The number of rotatable bonds is 7. The van der Waals surface area contributed by atoms with E-state index >= 15 is 0 Å². The van der Waals surface area contributed by atoms with Crippen LogP contribution in [0.3, 0.4) is 0 Å². The van der Waals surface area contributed by atoms with Crippen LogP contribution >= 0.6 is 0 Å². The van der Waals surface area contributed by atoms with Gasteiger partial charge in [0.15, 0.2) is 0 Å². The van der Waals surface area contributed by atoms with Crippen molar-refractivity contribution in [2.24, 2.45) is 7.05 Å². The number of nitrogens with one attached hydrogen (secondary N) is 1. The van der Waals surface area contributed by atoms with Crippen molar-refractivity contribution in [3.05, 3.63) is 77.7 Å². The van der Waals surface area contributed by atoms with Crippen LogP contribution < -0.4 is 5.32 Å². The van der Waals surface area contributed by atoms with Crippen molar-refractivity contribution in [2.75, 3.05) is 26.2 Å². The van der Waals surface area contributed by atoms with Crippen LogP contribution in [0.15, 0.2) is 60.8 Å². The zero-order valence-electron chi connectivity index (χ0n) is 16.3. The largest absolute Gasteiger partial charge is 0.311 e. The van der Waals surface area contributed by atoms with Crippen LogP contribution in [0.5, 0.6) is 0 Å². The van der Waals surface area contributed by atoms with Gasteiger partial charge in [-0.2, -0.15) is 5.10 Å². The lowest BCUT2D eigenvalue weighted by molar-refractivity contribution is 0.331. The van der Waals surface area contributed by atoms with E-state index in [2.05, 4.69) is 45.6 Å². The van der Waals surface area contributed by atoms with E-state index in [-0.39, 0.29) is 5.82 Å². The molecule has 1 N–H and O–H groups in total. The Morgan fingerprint density at radius 3 is 2.71 bits per heavy atom. The molecule has 2 aromatic carbocycles. The first-order chi connectivity index (χ1) is 13.7. The van der Waals surface area contributed by atoms with Crippen molar-refractivity contribution in [3.8, 4) is 11.3 Å². The fourth-order valence-corrected chi connectivity index (χ4v) is 4.04. The molecule has 1 aliphatic heterocycles. The quantitative estimate of drug-likeness (QED) is 0.635. The lowest BCUT2D eigenvalue weighted by Gasteiger charge is -2.16. The van der Waals surface area contributed by atoms with Crippen molar-refractivity contribution in [1.82, 2.24) is 20.0 Å². The average molecular weight is 378 g/mol. The second-order valence-electron chi connectivity index (χ2n) is 7.53. The van der Waals surface area contributed by atoms with Gasteiger partial charge < -0.3 is 10.2 Å². The fraction of sp³-hybridized carbons (Fsp3) is 0.348. The molecule has 4 rings (SSSR count). The highest BCUT2D eigenvalue weighted by Crippen LogP contribution is 2.27. The van der Waals surface area contributed by atoms with E-state index in [4.69, 9.17) is 0 Å². The van der Waals surface area contributed by atoms with Crippen LogP contribution in [0.2, 0.25) is 0 Å². The van der Waals surface area contributed by atoms with Gasteiger partial charge >= 0.3 is 0 Å². The molecule has 2 heterocycles. The predicted molar refractivity (Wildman–Crippen MR) is 111 cm³/mol. The first-order valence-electron chi connectivity index (χ1n) is 9.96. The van der Waals surface area contributed by atoms with Crippen LogP contribution in [0, 0.1) is 5.82 Å². The van der Waals surface area contributed by atoms with Crippen LogP contribution in [0.4, 0.5) is 4.39 Å². The Morgan fingerprint density at radius 2 is 1.89 bits per heavy atom. The third-order valence-electron chi connectivity index (χ3n) is 5.50. The van der Waals surface area contributed by atoms with Gasteiger partial charge in [0.25, 0.3) is 0 Å². The van der Waals surface area contributed by atoms with E-state index < -0.39 is 0 Å².